The minimum absolute atomic E-state index is 0.0154. The van der Waals surface area contributed by atoms with Gasteiger partial charge in [-0.1, -0.05) is 0 Å². The van der Waals surface area contributed by atoms with Gasteiger partial charge in [0.05, 0.1) is 23.6 Å². The van der Waals surface area contributed by atoms with Gasteiger partial charge in [0.1, 0.15) is 15.5 Å². The van der Waals surface area contributed by atoms with Crippen molar-refractivity contribution in [2.24, 2.45) is 7.05 Å². The van der Waals surface area contributed by atoms with Crippen molar-refractivity contribution < 1.29 is 13.2 Å². The van der Waals surface area contributed by atoms with Gasteiger partial charge in [-0.3, -0.25) is 14.2 Å². The molecular weight excluding hydrogens is 280 g/mol. The molecule has 0 amide bonds. The van der Waals surface area contributed by atoms with E-state index in [1.165, 1.54) is 10.9 Å². The summed E-state index contributed by atoms with van der Waals surface area (Å²) in [6, 6.07) is 0. The standard InChI is InChI=1S/C12H16N4O3S/c1-9-11(7-15(2)13-9)12-10(8-17)6-16(14-12)4-5-20(3,18)19/h6-8H,4-5H2,1-3H3. The van der Waals surface area contributed by atoms with Crippen molar-refractivity contribution in [3.63, 3.8) is 0 Å². The van der Waals surface area contributed by atoms with Gasteiger partial charge in [0.2, 0.25) is 0 Å². The fourth-order valence-electron chi connectivity index (χ4n) is 1.94. The Morgan fingerprint density at radius 1 is 1.30 bits per heavy atom. The van der Waals surface area contributed by atoms with Crippen LogP contribution < -0.4 is 0 Å². The largest absolute Gasteiger partial charge is 0.298 e. The third-order valence-electron chi connectivity index (χ3n) is 2.88. The van der Waals surface area contributed by atoms with Crippen molar-refractivity contribution in [1.82, 2.24) is 19.6 Å². The Morgan fingerprint density at radius 3 is 2.50 bits per heavy atom. The second-order valence-corrected chi connectivity index (χ2v) is 7.01. The summed E-state index contributed by atoms with van der Waals surface area (Å²) in [5, 5.41) is 8.51. The number of rotatable bonds is 5. The van der Waals surface area contributed by atoms with Gasteiger partial charge in [-0.2, -0.15) is 10.2 Å². The Kier molecular flexibility index (Phi) is 3.76. The van der Waals surface area contributed by atoms with E-state index < -0.39 is 9.84 Å². The van der Waals surface area contributed by atoms with Gasteiger partial charge in [-0.15, -0.1) is 0 Å². The zero-order chi connectivity index (χ0) is 14.9. The van der Waals surface area contributed by atoms with Crippen molar-refractivity contribution in [3.05, 3.63) is 23.7 Å². The first-order valence-corrected chi connectivity index (χ1v) is 8.07. The van der Waals surface area contributed by atoms with E-state index in [1.807, 2.05) is 6.92 Å². The Morgan fingerprint density at radius 2 is 2.00 bits per heavy atom. The predicted octanol–water partition coefficient (Wildman–Crippen LogP) is 0.449. The summed E-state index contributed by atoms with van der Waals surface area (Å²) in [5.74, 6) is -0.0154. The second-order valence-electron chi connectivity index (χ2n) is 4.75. The zero-order valence-corrected chi connectivity index (χ0v) is 12.4. The van der Waals surface area contributed by atoms with Crippen molar-refractivity contribution in [3.8, 4) is 11.3 Å². The average molecular weight is 296 g/mol. The molecular formula is C12H16N4O3S. The summed E-state index contributed by atoms with van der Waals surface area (Å²) >= 11 is 0. The zero-order valence-electron chi connectivity index (χ0n) is 11.6. The van der Waals surface area contributed by atoms with Gasteiger partial charge in [0.25, 0.3) is 0 Å². The molecule has 0 aromatic carbocycles. The number of aromatic nitrogens is 4. The minimum atomic E-state index is -3.07. The van der Waals surface area contributed by atoms with Crippen LogP contribution >= 0.6 is 0 Å². The van der Waals surface area contributed by atoms with E-state index in [4.69, 9.17) is 0 Å². The van der Waals surface area contributed by atoms with Gasteiger partial charge >= 0.3 is 0 Å². The minimum Gasteiger partial charge on any atom is -0.298 e. The number of sulfone groups is 1. The summed E-state index contributed by atoms with van der Waals surface area (Å²) in [6.45, 7) is 2.05. The summed E-state index contributed by atoms with van der Waals surface area (Å²) in [5.41, 5.74) is 2.49. The topological polar surface area (TPSA) is 86.8 Å². The molecule has 0 unspecified atom stereocenters. The first-order chi connectivity index (χ1) is 9.30. The normalized spacial score (nSPS) is 11.8. The van der Waals surface area contributed by atoms with Crippen molar-refractivity contribution in [1.29, 1.82) is 0 Å². The number of carbonyl (C=O) groups excluding carboxylic acids is 1. The second kappa shape index (κ2) is 5.20. The molecule has 0 aliphatic rings. The van der Waals surface area contributed by atoms with E-state index >= 15 is 0 Å². The smallest absolute Gasteiger partial charge is 0.153 e. The van der Waals surface area contributed by atoms with Crippen LogP contribution in [0.4, 0.5) is 0 Å². The molecule has 108 valence electrons. The number of nitrogens with zero attached hydrogens (tertiary/aromatic N) is 4. The number of carbonyl (C=O) groups is 1. The molecule has 0 fully saturated rings. The fraction of sp³-hybridized carbons (Fsp3) is 0.417. The molecule has 8 heteroatoms. The van der Waals surface area contributed by atoms with E-state index in [1.54, 1.807) is 24.1 Å². The van der Waals surface area contributed by atoms with Crippen LogP contribution in [0.15, 0.2) is 12.4 Å². The van der Waals surface area contributed by atoms with Gasteiger partial charge in [0, 0.05) is 31.3 Å². The molecule has 0 saturated heterocycles. The van der Waals surface area contributed by atoms with Crippen molar-refractivity contribution in [2.45, 2.75) is 13.5 Å². The molecule has 0 bridgehead atoms. The summed E-state index contributed by atoms with van der Waals surface area (Å²) < 4.78 is 25.5. The Hall–Kier alpha value is -1.96. The van der Waals surface area contributed by atoms with Crippen LogP contribution in [-0.4, -0.2) is 46.3 Å². The number of aryl methyl sites for hydroxylation is 3. The molecule has 0 saturated carbocycles. The highest BCUT2D eigenvalue weighted by atomic mass is 32.2. The van der Waals surface area contributed by atoms with Crippen LogP contribution in [-0.2, 0) is 23.4 Å². The van der Waals surface area contributed by atoms with Crippen LogP contribution in [0.25, 0.3) is 11.3 Å². The van der Waals surface area contributed by atoms with E-state index in [0.29, 0.717) is 17.5 Å². The van der Waals surface area contributed by atoms with Gasteiger partial charge in [-0.05, 0) is 6.92 Å². The lowest BCUT2D eigenvalue weighted by molar-refractivity contribution is 0.112. The molecule has 0 atom stereocenters. The molecule has 2 aromatic rings. The summed E-state index contributed by atoms with van der Waals surface area (Å²) in [7, 11) is -1.28. The maximum Gasteiger partial charge on any atom is 0.153 e. The van der Waals surface area contributed by atoms with Crippen LogP contribution in [0.3, 0.4) is 0 Å². The Labute approximate surface area is 117 Å². The molecule has 20 heavy (non-hydrogen) atoms. The lowest BCUT2D eigenvalue weighted by atomic mass is 10.1. The predicted molar refractivity (Wildman–Crippen MR) is 74.3 cm³/mol. The van der Waals surface area contributed by atoms with Crippen molar-refractivity contribution in [2.75, 3.05) is 12.0 Å². The van der Waals surface area contributed by atoms with E-state index in [0.717, 1.165) is 11.3 Å². The number of aldehydes is 1. The molecule has 0 radical (unpaired) electrons. The first-order valence-electron chi connectivity index (χ1n) is 6.01. The molecule has 0 aliphatic carbocycles. The van der Waals surface area contributed by atoms with Crippen LogP contribution in [0.2, 0.25) is 0 Å². The third kappa shape index (κ3) is 3.13. The SMILES string of the molecule is Cc1nn(C)cc1-c1nn(CCS(C)(=O)=O)cc1C=O. The van der Waals surface area contributed by atoms with Crippen LogP contribution in [0.1, 0.15) is 16.1 Å². The van der Waals surface area contributed by atoms with Gasteiger partial charge in [-0.25, -0.2) is 8.42 Å². The van der Waals surface area contributed by atoms with Crippen LogP contribution in [0.5, 0.6) is 0 Å². The monoisotopic (exact) mass is 296 g/mol. The maximum absolute atomic E-state index is 11.2. The van der Waals surface area contributed by atoms with Gasteiger partial charge < -0.3 is 0 Å². The van der Waals surface area contributed by atoms with E-state index in [2.05, 4.69) is 10.2 Å². The highest BCUT2D eigenvalue weighted by molar-refractivity contribution is 7.90. The number of hydrogen-bond donors (Lipinski definition) is 0. The maximum atomic E-state index is 11.2. The fourth-order valence-corrected chi connectivity index (χ4v) is 2.46. The lowest BCUT2D eigenvalue weighted by Crippen LogP contribution is -2.11. The summed E-state index contributed by atoms with van der Waals surface area (Å²) in [6.07, 6.45) is 5.22. The molecule has 2 heterocycles. The molecule has 0 aliphatic heterocycles. The third-order valence-corrected chi connectivity index (χ3v) is 3.80. The summed E-state index contributed by atoms with van der Waals surface area (Å²) in [4.78, 5) is 11.1. The highest BCUT2D eigenvalue weighted by Gasteiger charge is 2.15. The molecule has 2 aromatic heterocycles. The Balaban J connectivity index is 2.37. The quantitative estimate of drug-likeness (QED) is 0.748. The number of hydrogen-bond acceptors (Lipinski definition) is 5. The van der Waals surface area contributed by atoms with E-state index in [-0.39, 0.29) is 12.3 Å². The van der Waals surface area contributed by atoms with Crippen molar-refractivity contribution >= 4 is 16.1 Å². The molecule has 2 rings (SSSR count). The lowest BCUT2D eigenvalue weighted by Gasteiger charge is -1.99. The average Bonchev–Trinajstić information content (AvgIpc) is 2.88. The van der Waals surface area contributed by atoms with Gasteiger partial charge in [0.15, 0.2) is 6.29 Å². The molecule has 7 nitrogen and oxygen atoms in total. The molecule has 0 N–H and O–H groups in total. The Bertz CT molecular complexity index is 743. The first kappa shape index (κ1) is 14.4. The molecule has 0 spiro atoms. The van der Waals surface area contributed by atoms with E-state index in [9.17, 15) is 13.2 Å². The van der Waals surface area contributed by atoms with Crippen LogP contribution in [0, 0.1) is 6.92 Å². The highest BCUT2D eigenvalue weighted by Crippen LogP contribution is 2.23.